The first-order chi connectivity index (χ1) is 7.15. The summed E-state index contributed by atoms with van der Waals surface area (Å²) in [6.45, 7) is 7.05. The largest absolute Gasteiger partial charge is 0.329 e. The van der Waals surface area contributed by atoms with Gasteiger partial charge in [-0.05, 0) is 17.7 Å². The zero-order valence-corrected chi connectivity index (χ0v) is 8.03. The van der Waals surface area contributed by atoms with Gasteiger partial charge in [0.25, 0.3) is 5.56 Å². The minimum Gasteiger partial charge on any atom is -0.329 e. The quantitative estimate of drug-likeness (QED) is 0.592. The number of H-pyrrole nitrogens is 1. The van der Waals surface area contributed by atoms with Crippen molar-refractivity contribution in [1.29, 1.82) is 5.26 Å². The molecule has 0 aliphatic rings. The molecule has 1 N–H and O–H groups in total. The molecule has 0 atom stereocenters. The molecule has 15 heavy (non-hydrogen) atoms. The van der Waals surface area contributed by atoms with E-state index in [1.54, 1.807) is 18.2 Å². The van der Waals surface area contributed by atoms with Gasteiger partial charge in [0.05, 0.1) is 0 Å². The maximum Gasteiger partial charge on any atom is 0.255 e. The molecule has 0 radical (unpaired) electrons. The van der Waals surface area contributed by atoms with Gasteiger partial charge < -0.3 is 4.98 Å². The van der Waals surface area contributed by atoms with Crippen molar-refractivity contribution < 1.29 is 0 Å². The van der Waals surface area contributed by atoms with Crippen LogP contribution in [0.15, 0.2) is 47.0 Å². The number of aromatic amines is 1. The summed E-state index contributed by atoms with van der Waals surface area (Å²) in [5.74, 6) is 0. The van der Waals surface area contributed by atoms with Crippen molar-refractivity contribution in [3.63, 3.8) is 0 Å². The van der Waals surface area contributed by atoms with Crippen LogP contribution in [0.1, 0.15) is 5.56 Å². The molecule has 1 rings (SSSR count). The number of nitrogens with one attached hydrogen (secondary N) is 1. The molecule has 0 unspecified atom stereocenters. The Kier molecular flexibility index (Phi) is 3.36. The Balaban J connectivity index is 2.94. The van der Waals surface area contributed by atoms with Gasteiger partial charge in [-0.15, -0.1) is 0 Å². The van der Waals surface area contributed by atoms with E-state index < -0.39 is 0 Å². The number of nitrogens with zero attached hydrogens (tertiary/aromatic N) is 2. The summed E-state index contributed by atoms with van der Waals surface area (Å²) in [7, 11) is 0. The highest BCUT2D eigenvalue weighted by Crippen LogP contribution is 2.03. The molecule has 74 valence electrons. The fourth-order valence-corrected chi connectivity index (χ4v) is 0.929. The molecule has 0 aromatic carbocycles. The average Bonchev–Trinajstić information content (AvgIpc) is 2.26. The third kappa shape index (κ3) is 2.78. The summed E-state index contributed by atoms with van der Waals surface area (Å²) in [5.41, 5.74) is 0.695. The number of allylic oxidation sites excluding steroid dienone is 2. The van der Waals surface area contributed by atoms with Crippen LogP contribution < -0.4 is 5.56 Å². The van der Waals surface area contributed by atoms with E-state index in [9.17, 15) is 4.79 Å². The Bertz CT molecular complexity index is 517. The average molecular weight is 199 g/mol. The summed E-state index contributed by atoms with van der Waals surface area (Å²) >= 11 is 0. The van der Waals surface area contributed by atoms with E-state index in [1.807, 2.05) is 0 Å². The van der Waals surface area contributed by atoms with Crippen LogP contribution in [0.25, 0.3) is 5.57 Å². The molecule has 1 aromatic heterocycles. The maximum absolute atomic E-state index is 11.3. The summed E-state index contributed by atoms with van der Waals surface area (Å²) in [4.78, 5) is 17.6. The topological polar surface area (TPSA) is 69.0 Å². The third-order valence-corrected chi connectivity index (χ3v) is 1.67. The molecule has 0 amide bonds. The number of hydrogen-bond acceptors (Lipinski definition) is 3. The molecule has 0 bridgehead atoms. The van der Waals surface area contributed by atoms with Gasteiger partial charge in [-0.25, -0.2) is 4.99 Å². The van der Waals surface area contributed by atoms with E-state index in [0.717, 1.165) is 0 Å². The van der Waals surface area contributed by atoms with Crippen molar-refractivity contribution in [2.24, 2.45) is 4.99 Å². The minimum absolute atomic E-state index is 0.0727. The molecule has 0 saturated heterocycles. The van der Waals surface area contributed by atoms with Crippen molar-refractivity contribution in [2.45, 2.75) is 0 Å². The fourth-order valence-electron chi connectivity index (χ4n) is 0.929. The second-order valence-corrected chi connectivity index (χ2v) is 2.75. The van der Waals surface area contributed by atoms with Crippen LogP contribution in [0.2, 0.25) is 0 Å². The van der Waals surface area contributed by atoms with E-state index in [-0.39, 0.29) is 11.3 Å². The molecule has 0 saturated carbocycles. The second-order valence-electron chi connectivity index (χ2n) is 2.75. The lowest BCUT2D eigenvalue weighted by Gasteiger charge is -1.96. The van der Waals surface area contributed by atoms with E-state index in [1.165, 1.54) is 12.4 Å². The van der Waals surface area contributed by atoms with Crippen LogP contribution in [-0.2, 0) is 0 Å². The highest BCUT2D eigenvalue weighted by atomic mass is 16.1. The zero-order chi connectivity index (χ0) is 11.3. The van der Waals surface area contributed by atoms with E-state index in [4.69, 9.17) is 5.26 Å². The fraction of sp³-hybridized carbons (Fsp3) is 0. The highest BCUT2D eigenvalue weighted by molar-refractivity contribution is 6.08. The Morgan fingerprint density at radius 3 is 2.93 bits per heavy atom. The van der Waals surface area contributed by atoms with Crippen molar-refractivity contribution >= 4 is 11.8 Å². The van der Waals surface area contributed by atoms with Gasteiger partial charge in [0.1, 0.15) is 11.8 Å². The Morgan fingerprint density at radius 1 is 1.60 bits per heavy atom. The molecule has 0 aliphatic carbocycles. The predicted octanol–water partition coefficient (Wildman–Crippen LogP) is 1.50. The van der Waals surface area contributed by atoms with Crippen LogP contribution in [0.5, 0.6) is 0 Å². The van der Waals surface area contributed by atoms with Gasteiger partial charge in [-0.1, -0.05) is 13.2 Å². The summed E-state index contributed by atoms with van der Waals surface area (Å²) < 4.78 is 0. The lowest BCUT2D eigenvalue weighted by Crippen LogP contribution is -2.10. The SMILES string of the molecule is C=C(C#N)/N=C/C(=C)c1ccc[nH]c1=O. The lowest BCUT2D eigenvalue weighted by atomic mass is 10.1. The lowest BCUT2D eigenvalue weighted by molar-refractivity contribution is 1.22. The van der Waals surface area contributed by atoms with Gasteiger partial charge in [0.2, 0.25) is 0 Å². The Hall–Kier alpha value is -2.41. The maximum atomic E-state index is 11.3. The third-order valence-electron chi connectivity index (χ3n) is 1.67. The van der Waals surface area contributed by atoms with Gasteiger partial charge >= 0.3 is 0 Å². The molecular formula is C11H9N3O. The molecule has 0 fully saturated rings. The van der Waals surface area contributed by atoms with Gasteiger partial charge in [-0.3, -0.25) is 4.79 Å². The normalized spacial score (nSPS) is 9.80. The van der Waals surface area contributed by atoms with Crippen LogP contribution in [0.4, 0.5) is 0 Å². The minimum atomic E-state index is -0.239. The molecular weight excluding hydrogens is 190 g/mol. The smallest absolute Gasteiger partial charge is 0.255 e. The van der Waals surface area contributed by atoms with Crippen molar-refractivity contribution in [1.82, 2.24) is 4.98 Å². The summed E-state index contributed by atoms with van der Waals surface area (Å²) in [6, 6.07) is 5.08. The van der Waals surface area contributed by atoms with Gasteiger partial charge in [0.15, 0.2) is 0 Å². The first-order valence-corrected chi connectivity index (χ1v) is 4.15. The standard InChI is InChI=1S/C11H9N3O/c1-8(7-14-9(2)6-12)10-4-3-5-13-11(10)15/h3-5,7H,1-2H2,(H,13,15)/b14-7+. The predicted molar refractivity (Wildman–Crippen MR) is 59.3 cm³/mol. The number of aromatic nitrogens is 1. The summed E-state index contributed by atoms with van der Waals surface area (Å²) in [5, 5.41) is 8.41. The monoisotopic (exact) mass is 199 g/mol. The van der Waals surface area contributed by atoms with Crippen LogP contribution in [0.3, 0.4) is 0 Å². The van der Waals surface area contributed by atoms with Gasteiger partial charge in [-0.2, -0.15) is 5.26 Å². The van der Waals surface area contributed by atoms with Gasteiger partial charge in [0, 0.05) is 18.0 Å². The second kappa shape index (κ2) is 4.72. The van der Waals surface area contributed by atoms with Crippen molar-refractivity contribution in [3.05, 3.63) is 53.1 Å². The first-order valence-electron chi connectivity index (χ1n) is 4.15. The number of pyridine rings is 1. The summed E-state index contributed by atoms with van der Waals surface area (Å²) in [6.07, 6.45) is 2.88. The Labute approximate surface area is 86.9 Å². The molecule has 0 aliphatic heterocycles. The molecule has 4 heteroatoms. The van der Waals surface area contributed by atoms with Crippen LogP contribution >= 0.6 is 0 Å². The first kappa shape index (κ1) is 10.7. The molecule has 4 nitrogen and oxygen atoms in total. The van der Waals surface area contributed by atoms with E-state index >= 15 is 0 Å². The van der Waals surface area contributed by atoms with Crippen LogP contribution in [0, 0.1) is 11.3 Å². The number of hydrogen-bond donors (Lipinski definition) is 1. The van der Waals surface area contributed by atoms with E-state index in [2.05, 4.69) is 23.1 Å². The number of rotatable bonds is 3. The number of aliphatic imine (C=N–C) groups is 1. The van der Waals surface area contributed by atoms with E-state index in [0.29, 0.717) is 11.1 Å². The zero-order valence-electron chi connectivity index (χ0n) is 8.03. The number of nitriles is 1. The molecule has 0 spiro atoms. The van der Waals surface area contributed by atoms with Crippen LogP contribution in [-0.4, -0.2) is 11.2 Å². The molecule has 1 aromatic rings. The highest BCUT2D eigenvalue weighted by Gasteiger charge is 1.99. The molecule has 1 heterocycles. The van der Waals surface area contributed by atoms with Crippen molar-refractivity contribution in [2.75, 3.05) is 0 Å². The van der Waals surface area contributed by atoms with Crippen molar-refractivity contribution in [3.8, 4) is 6.07 Å². The Morgan fingerprint density at radius 2 is 2.33 bits per heavy atom.